The molecule has 1 unspecified atom stereocenters. The Morgan fingerprint density at radius 3 is 2.92 bits per heavy atom. The normalized spacial score (nSPS) is 22.7. The summed E-state index contributed by atoms with van der Waals surface area (Å²) in [5, 5.41) is 17.8. The second kappa shape index (κ2) is 3.40. The molecule has 0 aromatic rings. The quantitative estimate of drug-likeness (QED) is 0.625. The van der Waals surface area contributed by atoms with Crippen LogP contribution in [0.4, 0.5) is 0 Å². The highest BCUT2D eigenvalue weighted by Crippen LogP contribution is 2.19. The van der Waals surface area contributed by atoms with Gasteiger partial charge in [-0.2, -0.15) is 0 Å². The summed E-state index contributed by atoms with van der Waals surface area (Å²) in [6.07, 6.45) is 2.53. The van der Waals surface area contributed by atoms with Crippen LogP contribution in [0, 0.1) is 0 Å². The van der Waals surface area contributed by atoms with Crippen molar-refractivity contribution < 1.29 is 19.7 Å². The first-order chi connectivity index (χ1) is 5.65. The third-order valence-corrected chi connectivity index (χ3v) is 1.62. The van der Waals surface area contributed by atoms with Crippen molar-refractivity contribution in [2.24, 2.45) is 0 Å². The molecule has 0 amide bonds. The number of hydrogen-bond donors (Lipinski definition) is 2. The van der Waals surface area contributed by atoms with E-state index in [-0.39, 0.29) is 11.3 Å². The van der Waals surface area contributed by atoms with Gasteiger partial charge in [-0.3, -0.25) is 0 Å². The number of carboxylic acids is 1. The summed E-state index contributed by atoms with van der Waals surface area (Å²) in [5.41, 5.74) is 0.114. The van der Waals surface area contributed by atoms with Crippen molar-refractivity contribution in [3.8, 4) is 0 Å². The first-order valence-corrected chi connectivity index (χ1v) is 3.53. The molecule has 0 heterocycles. The Hall–Kier alpha value is -1.29. The lowest BCUT2D eigenvalue weighted by Crippen LogP contribution is -2.14. The zero-order valence-electron chi connectivity index (χ0n) is 6.65. The summed E-state index contributed by atoms with van der Waals surface area (Å²) in [6, 6.07) is 0. The van der Waals surface area contributed by atoms with Crippen molar-refractivity contribution >= 4 is 5.97 Å². The van der Waals surface area contributed by atoms with Gasteiger partial charge in [0.2, 0.25) is 0 Å². The predicted octanol–water partition coefficient (Wildman–Crippen LogP) is 0.292. The number of hydrogen-bond acceptors (Lipinski definition) is 3. The van der Waals surface area contributed by atoms with Crippen molar-refractivity contribution in [2.75, 3.05) is 7.11 Å². The maximum Gasteiger partial charge on any atom is 0.339 e. The van der Waals surface area contributed by atoms with Crippen LogP contribution in [0.15, 0.2) is 23.5 Å². The predicted molar refractivity (Wildman–Crippen MR) is 41.4 cm³/mol. The topological polar surface area (TPSA) is 66.8 Å². The van der Waals surface area contributed by atoms with Crippen molar-refractivity contribution in [1.82, 2.24) is 0 Å². The van der Waals surface area contributed by atoms with E-state index in [9.17, 15) is 4.79 Å². The Labute approximate surface area is 69.8 Å². The molecule has 66 valence electrons. The van der Waals surface area contributed by atoms with Crippen LogP contribution in [-0.2, 0) is 9.53 Å². The molecule has 1 rings (SSSR count). The zero-order chi connectivity index (χ0) is 9.14. The van der Waals surface area contributed by atoms with Crippen LogP contribution in [0.5, 0.6) is 0 Å². The first-order valence-electron chi connectivity index (χ1n) is 3.53. The molecule has 4 nitrogen and oxygen atoms in total. The van der Waals surface area contributed by atoms with E-state index in [1.807, 2.05) is 0 Å². The molecule has 0 aliphatic heterocycles. The fourth-order valence-corrected chi connectivity index (χ4v) is 1.04. The highest BCUT2D eigenvalue weighted by atomic mass is 16.5. The van der Waals surface area contributed by atoms with Crippen molar-refractivity contribution in [1.29, 1.82) is 0 Å². The summed E-state index contributed by atoms with van der Waals surface area (Å²) in [4.78, 5) is 10.6. The minimum atomic E-state index is -1.03. The molecular formula is C8H10O4. The van der Waals surface area contributed by atoms with E-state index in [1.165, 1.54) is 19.3 Å². The summed E-state index contributed by atoms with van der Waals surface area (Å²) < 4.78 is 4.79. The highest BCUT2D eigenvalue weighted by molar-refractivity contribution is 5.91. The van der Waals surface area contributed by atoms with Gasteiger partial charge < -0.3 is 14.9 Å². The Balaban J connectivity index is 2.88. The van der Waals surface area contributed by atoms with E-state index in [1.54, 1.807) is 0 Å². The SMILES string of the molecule is COC1=CC(O)CC=C1C(=O)O. The number of aliphatic hydroxyl groups excluding tert-OH is 1. The van der Waals surface area contributed by atoms with E-state index in [0.29, 0.717) is 6.42 Å². The molecule has 0 radical (unpaired) electrons. The van der Waals surface area contributed by atoms with Crippen molar-refractivity contribution in [2.45, 2.75) is 12.5 Å². The lowest BCUT2D eigenvalue weighted by molar-refractivity contribution is -0.132. The average Bonchev–Trinajstić information content (AvgIpc) is 2.03. The largest absolute Gasteiger partial charge is 0.496 e. The van der Waals surface area contributed by atoms with E-state index >= 15 is 0 Å². The number of ether oxygens (including phenoxy) is 1. The number of carboxylic acid groups (broad SMARTS) is 1. The fourth-order valence-electron chi connectivity index (χ4n) is 1.04. The van der Waals surface area contributed by atoms with Crippen LogP contribution >= 0.6 is 0 Å². The van der Waals surface area contributed by atoms with E-state index in [0.717, 1.165) is 0 Å². The van der Waals surface area contributed by atoms with Gasteiger partial charge in [-0.1, -0.05) is 6.08 Å². The van der Waals surface area contributed by atoms with E-state index < -0.39 is 12.1 Å². The standard InChI is InChI=1S/C8H10O4/c1-12-7-4-5(9)2-3-6(7)8(10)11/h3-5,9H,2H2,1H3,(H,10,11). The molecule has 0 saturated heterocycles. The molecule has 0 fully saturated rings. The van der Waals surface area contributed by atoms with Crippen LogP contribution in [-0.4, -0.2) is 29.4 Å². The maximum absolute atomic E-state index is 10.6. The van der Waals surface area contributed by atoms with Crippen molar-refractivity contribution in [3.63, 3.8) is 0 Å². The first kappa shape index (κ1) is 8.80. The molecule has 1 atom stereocenters. The van der Waals surface area contributed by atoms with Gasteiger partial charge in [0, 0.05) is 0 Å². The van der Waals surface area contributed by atoms with Gasteiger partial charge in [-0.15, -0.1) is 0 Å². The third-order valence-electron chi connectivity index (χ3n) is 1.62. The minimum absolute atomic E-state index is 0.114. The highest BCUT2D eigenvalue weighted by Gasteiger charge is 2.19. The monoisotopic (exact) mass is 170 g/mol. The second-order valence-corrected chi connectivity index (χ2v) is 2.46. The molecule has 0 aromatic carbocycles. The molecule has 12 heavy (non-hydrogen) atoms. The van der Waals surface area contributed by atoms with Gasteiger partial charge in [0.15, 0.2) is 0 Å². The van der Waals surface area contributed by atoms with E-state index in [4.69, 9.17) is 14.9 Å². The Kier molecular flexibility index (Phi) is 2.50. The summed E-state index contributed by atoms with van der Waals surface area (Å²) in [6.45, 7) is 0. The molecule has 0 aromatic heterocycles. The van der Waals surface area contributed by atoms with Crippen molar-refractivity contribution in [3.05, 3.63) is 23.5 Å². The van der Waals surface area contributed by atoms with Gasteiger partial charge in [-0.05, 0) is 12.5 Å². The number of rotatable bonds is 2. The second-order valence-electron chi connectivity index (χ2n) is 2.46. The fraction of sp³-hybridized carbons (Fsp3) is 0.375. The molecule has 0 saturated carbocycles. The maximum atomic E-state index is 10.6. The summed E-state index contributed by atoms with van der Waals surface area (Å²) in [7, 11) is 1.38. The average molecular weight is 170 g/mol. The lowest BCUT2D eigenvalue weighted by atomic mass is 10.0. The van der Waals surface area contributed by atoms with Crippen LogP contribution in [0.3, 0.4) is 0 Å². The van der Waals surface area contributed by atoms with Gasteiger partial charge in [0.1, 0.15) is 5.76 Å². The third kappa shape index (κ3) is 1.65. The van der Waals surface area contributed by atoms with Crippen LogP contribution in [0.2, 0.25) is 0 Å². The molecule has 1 aliphatic carbocycles. The smallest absolute Gasteiger partial charge is 0.339 e. The molecule has 1 aliphatic rings. The summed E-state index contributed by atoms with van der Waals surface area (Å²) in [5.74, 6) is -0.809. The zero-order valence-corrected chi connectivity index (χ0v) is 6.65. The van der Waals surface area contributed by atoms with Crippen LogP contribution < -0.4 is 0 Å². The minimum Gasteiger partial charge on any atom is -0.496 e. The van der Waals surface area contributed by atoms with Gasteiger partial charge >= 0.3 is 5.97 Å². The molecule has 0 spiro atoms. The Bertz CT molecular complexity index is 252. The Morgan fingerprint density at radius 2 is 2.42 bits per heavy atom. The molecule has 4 heteroatoms. The van der Waals surface area contributed by atoms with Crippen LogP contribution in [0.1, 0.15) is 6.42 Å². The van der Waals surface area contributed by atoms with Gasteiger partial charge in [0.25, 0.3) is 0 Å². The molecule has 0 bridgehead atoms. The Morgan fingerprint density at radius 1 is 1.75 bits per heavy atom. The van der Waals surface area contributed by atoms with E-state index in [2.05, 4.69) is 0 Å². The summed E-state index contributed by atoms with van der Waals surface area (Å²) >= 11 is 0. The number of methoxy groups -OCH3 is 1. The number of aliphatic hydroxyl groups is 1. The molecule has 2 N–H and O–H groups in total. The van der Waals surface area contributed by atoms with Crippen LogP contribution in [0.25, 0.3) is 0 Å². The number of aliphatic carboxylic acids is 1. The van der Waals surface area contributed by atoms with Gasteiger partial charge in [-0.25, -0.2) is 4.79 Å². The molecular weight excluding hydrogens is 160 g/mol. The number of carbonyl (C=O) groups is 1. The van der Waals surface area contributed by atoms with Gasteiger partial charge in [0.05, 0.1) is 18.8 Å². The lowest BCUT2D eigenvalue weighted by Gasteiger charge is -2.14.